The summed E-state index contributed by atoms with van der Waals surface area (Å²) in [5.41, 5.74) is 0.661. The number of methoxy groups -OCH3 is 1. The van der Waals surface area contributed by atoms with E-state index in [1.54, 1.807) is 25.3 Å². The summed E-state index contributed by atoms with van der Waals surface area (Å²) < 4.78 is 11.5. The summed E-state index contributed by atoms with van der Waals surface area (Å²) in [6.07, 6.45) is 0.0850. The third-order valence-corrected chi connectivity index (χ3v) is 3.89. The Morgan fingerprint density at radius 3 is 2.84 bits per heavy atom. The smallest absolute Gasteiger partial charge is 0.254 e. The molecule has 0 aromatic heterocycles. The van der Waals surface area contributed by atoms with Gasteiger partial charge in [0.05, 0.1) is 30.3 Å². The first kappa shape index (κ1) is 14.3. The molecule has 0 spiro atoms. The first-order valence-electron chi connectivity index (χ1n) is 6.29. The lowest BCUT2D eigenvalue weighted by Crippen LogP contribution is -2.50. The van der Waals surface area contributed by atoms with Crippen molar-refractivity contribution in [1.82, 2.24) is 4.90 Å². The number of carbonyl (C=O) groups is 1. The molecule has 0 saturated carbocycles. The molecule has 0 unspecified atom stereocenters. The lowest BCUT2D eigenvalue weighted by molar-refractivity contribution is -0.0387. The second-order valence-electron chi connectivity index (χ2n) is 4.80. The molecule has 1 aliphatic rings. The second kappa shape index (κ2) is 5.92. The van der Waals surface area contributed by atoms with Gasteiger partial charge in [0.1, 0.15) is 5.75 Å². The lowest BCUT2D eigenvalue weighted by Gasteiger charge is -2.36. The van der Waals surface area contributed by atoms with Gasteiger partial charge in [0.2, 0.25) is 0 Å². The van der Waals surface area contributed by atoms with Crippen molar-refractivity contribution >= 4 is 21.8 Å². The molecule has 5 heteroatoms. The highest BCUT2D eigenvalue weighted by Gasteiger charge is 2.28. The zero-order chi connectivity index (χ0) is 14.0. The number of hydrogen-bond donors (Lipinski definition) is 0. The van der Waals surface area contributed by atoms with E-state index in [1.165, 1.54) is 0 Å². The molecule has 1 aromatic rings. The first-order chi connectivity index (χ1) is 9.02. The molecule has 4 nitrogen and oxygen atoms in total. The highest BCUT2D eigenvalue weighted by Crippen LogP contribution is 2.26. The number of morpholine rings is 1. The number of carbonyl (C=O) groups excluding carboxylic acids is 1. The molecule has 1 amide bonds. The summed E-state index contributed by atoms with van der Waals surface area (Å²) in [5.74, 6) is 0.756. The number of amides is 1. The van der Waals surface area contributed by atoms with Gasteiger partial charge in [-0.25, -0.2) is 0 Å². The SMILES string of the molecule is COc1ccc(C(=O)N2C[C@@H](C)OC[C@H]2C)cc1Br. The molecule has 1 saturated heterocycles. The van der Waals surface area contributed by atoms with E-state index in [1.807, 2.05) is 18.7 Å². The average molecular weight is 328 g/mol. The molecule has 1 heterocycles. The molecule has 0 N–H and O–H groups in total. The zero-order valence-electron chi connectivity index (χ0n) is 11.4. The maximum Gasteiger partial charge on any atom is 0.254 e. The van der Waals surface area contributed by atoms with Crippen LogP contribution in [-0.2, 0) is 4.74 Å². The number of rotatable bonds is 2. The van der Waals surface area contributed by atoms with Crippen molar-refractivity contribution in [2.24, 2.45) is 0 Å². The summed E-state index contributed by atoms with van der Waals surface area (Å²) >= 11 is 3.41. The number of ether oxygens (including phenoxy) is 2. The maximum atomic E-state index is 12.5. The van der Waals surface area contributed by atoms with Crippen LogP contribution < -0.4 is 4.74 Å². The Kier molecular flexibility index (Phi) is 4.47. The van der Waals surface area contributed by atoms with Crippen LogP contribution in [0.2, 0.25) is 0 Å². The van der Waals surface area contributed by atoms with E-state index in [-0.39, 0.29) is 18.1 Å². The molecule has 2 rings (SSSR count). The third-order valence-electron chi connectivity index (χ3n) is 3.27. The van der Waals surface area contributed by atoms with Crippen molar-refractivity contribution in [3.63, 3.8) is 0 Å². The molecule has 2 atom stereocenters. The van der Waals surface area contributed by atoms with Gasteiger partial charge in [-0.2, -0.15) is 0 Å². The van der Waals surface area contributed by atoms with Crippen LogP contribution in [0.3, 0.4) is 0 Å². The van der Waals surface area contributed by atoms with E-state index in [4.69, 9.17) is 9.47 Å². The predicted octanol–water partition coefficient (Wildman–Crippen LogP) is 2.71. The standard InChI is InChI=1S/C14H18BrNO3/c1-9-8-19-10(2)7-16(9)14(17)11-4-5-13(18-3)12(15)6-11/h4-6,9-10H,7-8H2,1-3H3/t9-,10-/m1/s1. The van der Waals surface area contributed by atoms with E-state index in [2.05, 4.69) is 15.9 Å². The monoisotopic (exact) mass is 327 g/mol. The van der Waals surface area contributed by atoms with Crippen LogP contribution in [0.4, 0.5) is 0 Å². The molecule has 1 aliphatic heterocycles. The molecule has 0 radical (unpaired) electrons. The fourth-order valence-corrected chi connectivity index (χ4v) is 2.69. The second-order valence-corrected chi connectivity index (χ2v) is 5.65. The van der Waals surface area contributed by atoms with Crippen LogP contribution in [0.5, 0.6) is 5.75 Å². The van der Waals surface area contributed by atoms with Gasteiger partial charge in [-0.3, -0.25) is 4.79 Å². The van der Waals surface area contributed by atoms with Crippen molar-refractivity contribution < 1.29 is 14.3 Å². The normalized spacial score (nSPS) is 23.3. The molecule has 104 valence electrons. The van der Waals surface area contributed by atoms with Crippen LogP contribution in [0.15, 0.2) is 22.7 Å². The van der Waals surface area contributed by atoms with Crippen LogP contribution in [0.1, 0.15) is 24.2 Å². The van der Waals surface area contributed by atoms with Crippen molar-refractivity contribution in [2.45, 2.75) is 26.0 Å². The summed E-state index contributed by atoms with van der Waals surface area (Å²) in [7, 11) is 1.60. The molecular formula is C14H18BrNO3. The Morgan fingerprint density at radius 1 is 1.47 bits per heavy atom. The van der Waals surface area contributed by atoms with Crippen LogP contribution in [0, 0.1) is 0 Å². The Morgan fingerprint density at radius 2 is 2.21 bits per heavy atom. The van der Waals surface area contributed by atoms with Crippen LogP contribution in [-0.4, -0.2) is 43.2 Å². The van der Waals surface area contributed by atoms with Gasteiger partial charge in [0.25, 0.3) is 5.91 Å². The van der Waals surface area contributed by atoms with E-state index in [0.29, 0.717) is 18.7 Å². The quantitative estimate of drug-likeness (QED) is 0.838. The fraction of sp³-hybridized carbons (Fsp3) is 0.500. The number of nitrogens with zero attached hydrogens (tertiary/aromatic N) is 1. The molecule has 1 aromatic carbocycles. The van der Waals surface area contributed by atoms with E-state index >= 15 is 0 Å². The largest absolute Gasteiger partial charge is 0.496 e. The summed E-state index contributed by atoms with van der Waals surface area (Å²) in [5, 5.41) is 0. The molecule has 0 aliphatic carbocycles. The molecule has 0 bridgehead atoms. The average Bonchev–Trinajstić information content (AvgIpc) is 2.40. The van der Waals surface area contributed by atoms with Crippen LogP contribution in [0.25, 0.3) is 0 Å². The van der Waals surface area contributed by atoms with Gasteiger partial charge in [0.15, 0.2) is 0 Å². The van der Waals surface area contributed by atoms with Crippen LogP contribution >= 0.6 is 15.9 Å². The third kappa shape index (κ3) is 3.09. The molecule has 19 heavy (non-hydrogen) atoms. The minimum absolute atomic E-state index is 0.0333. The minimum Gasteiger partial charge on any atom is -0.496 e. The Labute approximate surface area is 121 Å². The number of hydrogen-bond acceptors (Lipinski definition) is 3. The molecular weight excluding hydrogens is 310 g/mol. The van der Waals surface area contributed by atoms with Crippen molar-refractivity contribution in [2.75, 3.05) is 20.3 Å². The Hall–Kier alpha value is -1.07. The number of benzene rings is 1. The minimum atomic E-state index is 0.0333. The summed E-state index contributed by atoms with van der Waals surface area (Å²) in [6, 6.07) is 5.49. The topological polar surface area (TPSA) is 38.8 Å². The van der Waals surface area contributed by atoms with Crippen molar-refractivity contribution in [1.29, 1.82) is 0 Å². The first-order valence-corrected chi connectivity index (χ1v) is 7.08. The molecule has 1 fully saturated rings. The highest BCUT2D eigenvalue weighted by atomic mass is 79.9. The lowest BCUT2D eigenvalue weighted by atomic mass is 10.1. The van der Waals surface area contributed by atoms with Crippen molar-refractivity contribution in [3.8, 4) is 5.75 Å². The highest BCUT2D eigenvalue weighted by molar-refractivity contribution is 9.10. The summed E-state index contributed by atoms with van der Waals surface area (Å²) in [6.45, 7) is 5.20. The number of halogens is 1. The van der Waals surface area contributed by atoms with E-state index in [9.17, 15) is 4.79 Å². The Balaban J connectivity index is 2.21. The summed E-state index contributed by atoms with van der Waals surface area (Å²) in [4.78, 5) is 14.4. The zero-order valence-corrected chi connectivity index (χ0v) is 12.9. The predicted molar refractivity (Wildman–Crippen MR) is 76.6 cm³/mol. The van der Waals surface area contributed by atoms with Gasteiger partial charge in [-0.15, -0.1) is 0 Å². The van der Waals surface area contributed by atoms with Gasteiger partial charge in [-0.05, 0) is 48.0 Å². The van der Waals surface area contributed by atoms with Gasteiger partial charge in [-0.1, -0.05) is 0 Å². The van der Waals surface area contributed by atoms with Gasteiger partial charge in [0, 0.05) is 12.1 Å². The Bertz CT molecular complexity index is 478. The van der Waals surface area contributed by atoms with Crippen molar-refractivity contribution in [3.05, 3.63) is 28.2 Å². The van der Waals surface area contributed by atoms with E-state index < -0.39 is 0 Å². The van der Waals surface area contributed by atoms with E-state index in [0.717, 1.165) is 10.2 Å². The fourth-order valence-electron chi connectivity index (χ4n) is 2.15. The van der Waals surface area contributed by atoms with Gasteiger partial charge < -0.3 is 14.4 Å². The maximum absolute atomic E-state index is 12.5. The van der Waals surface area contributed by atoms with Gasteiger partial charge >= 0.3 is 0 Å².